The smallest absolute Gasteiger partial charge is 0.262 e. The summed E-state index contributed by atoms with van der Waals surface area (Å²) >= 11 is 2.66. The van der Waals surface area contributed by atoms with E-state index in [1.165, 1.54) is 23.1 Å². The van der Waals surface area contributed by atoms with Crippen LogP contribution in [0.25, 0.3) is 22.2 Å². The van der Waals surface area contributed by atoms with Crippen molar-refractivity contribution in [3.63, 3.8) is 0 Å². The van der Waals surface area contributed by atoms with E-state index in [1.807, 2.05) is 67.8 Å². The summed E-state index contributed by atoms with van der Waals surface area (Å²) in [6, 6.07) is 17.0. The molecule has 0 bridgehead atoms. The number of aromatic nitrogens is 3. The van der Waals surface area contributed by atoms with E-state index in [0.29, 0.717) is 21.2 Å². The van der Waals surface area contributed by atoms with Gasteiger partial charge in [0.05, 0.1) is 21.8 Å². The Bertz CT molecular complexity index is 1280. The predicted molar refractivity (Wildman–Crippen MR) is 128 cm³/mol. The van der Waals surface area contributed by atoms with Crippen molar-refractivity contribution in [1.29, 1.82) is 0 Å². The highest BCUT2D eigenvalue weighted by Gasteiger charge is 2.21. The van der Waals surface area contributed by atoms with Gasteiger partial charge in [0.1, 0.15) is 0 Å². The van der Waals surface area contributed by atoms with Gasteiger partial charge in [-0.2, -0.15) is 0 Å². The molecule has 1 atom stereocenters. The SMILES string of the molecule is CC(Sc1nc2ccccc2c(=O)n1C(C)C)C(=O)Nc1nc(-c2ccccc2)cs1. The van der Waals surface area contributed by atoms with Crippen molar-refractivity contribution in [3.05, 3.63) is 70.3 Å². The highest BCUT2D eigenvalue weighted by Crippen LogP contribution is 2.28. The molecular formula is C23H22N4O2S2. The number of rotatable bonds is 6. The minimum atomic E-state index is -0.456. The van der Waals surface area contributed by atoms with E-state index in [2.05, 4.69) is 15.3 Å². The number of para-hydroxylation sites is 1. The van der Waals surface area contributed by atoms with Gasteiger partial charge in [0.2, 0.25) is 5.91 Å². The molecule has 2 aromatic carbocycles. The molecule has 6 nitrogen and oxygen atoms in total. The van der Waals surface area contributed by atoms with Crippen LogP contribution in [-0.4, -0.2) is 25.7 Å². The normalized spacial score (nSPS) is 12.3. The molecule has 0 saturated carbocycles. The zero-order valence-corrected chi connectivity index (χ0v) is 19.0. The Hall–Kier alpha value is -2.97. The molecular weight excluding hydrogens is 428 g/mol. The van der Waals surface area contributed by atoms with Crippen LogP contribution in [0.3, 0.4) is 0 Å². The molecule has 0 saturated heterocycles. The van der Waals surface area contributed by atoms with E-state index in [9.17, 15) is 9.59 Å². The summed E-state index contributed by atoms with van der Waals surface area (Å²) in [7, 11) is 0. The average Bonchev–Trinajstić information content (AvgIpc) is 3.22. The molecule has 1 N–H and O–H groups in total. The van der Waals surface area contributed by atoms with Crippen LogP contribution in [0.2, 0.25) is 0 Å². The number of nitrogens with zero attached hydrogens (tertiary/aromatic N) is 3. The molecule has 31 heavy (non-hydrogen) atoms. The largest absolute Gasteiger partial charge is 0.301 e. The third-order valence-electron chi connectivity index (χ3n) is 4.75. The zero-order valence-electron chi connectivity index (χ0n) is 17.4. The number of thioether (sulfide) groups is 1. The maximum Gasteiger partial charge on any atom is 0.262 e. The summed E-state index contributed by atoms with van der Waals surface area (Å²) in [5.74, 6) is -0.184. The van der Waals surface area contributed by atoms with Gasteiger partial charge >= 0.3 is 0 Å². The lowest BCUT2D eigenvalue weighted by Crippen LogP contribution is -2.28. The summed E-state index contributed by atoms with van der Waals surface area (Å²) < 4.78 is 1.65. The van der Waals surface area contributed by atoms with Crippen LogP contribution >= 0.6 is 23.1 Å². The first-order valence-electron chi connectivity index (χ1n) is 9.94. The molecule has 4 aromatic rings. The van der Waals surface area contributed by atoms with Crippen molar-refractivity contribution < 1.29 is 4.79 Å². The monoisotopic (exact) mass is 450 g/mol. The Labute approximate surface area is 188 Å². The number of nitrogens with one attached hydrogen (secondary N) is 1. The maximum absolute atomic E-state index is 13.0. The second-order valence-corrected chi connectivity index (χ2v) is 9.50. The average molecular weight is 451 g/mol. The van der Waals surface area contributed by atoms with Crippen LogP contribution in [0.1, 0.15) is 26.8 Å². The molecule has 1 amide bonds. The van der Waals surface area contributed by atoms with Gasteiger partial charge in [-0.05, 0) is 32.9 Å². The molecule has 0 radical (unpaired) electrons. The lowest BCUT2D eigenvalue weighted by atomic mass is 10.2. The Morgan fingerprint density at radius 1 is 1.03 bits per heavy atom. The number of hydrogen-bond acceptors (Lipinski definition) is 6. The molecule has 8 heteroatoms. The van der Waals surface area contributed by atoms with Gasteiger partial charge < -0.3 is 5.32 Å². The molecule has 4 rings (SSSR count). The minimum Gasteiger partial charge on any atom is -0.301 e. The third-order valence-corrected chi connectivity index (χ3v) is 6.57. The molecule has 0 fully saturated rings. The Morgan fingerprint density at radius 2 is 1.74 bits per heavy atom. The number of amides is 1. The summed E-state index contributed by atoms with van der Waals surface area (Å²) in [6.45, 7) is 5.68. The number of carbonyl (C=O) groups excluding carboxylic acids is 1. The van der Waals surface area contributed by atoms with Gasteiger partial charge in [-0.15, -0.1) is 11.3 Å². The first-order valence-corrected chi connectivity index (χ1v) is 11.7. The first-order chi connectivity index (χ1) is 14.9. The highest BCUT2D eigenvalue weighted by molar-refractivity contribution is 8.00. The number of carbonyl (C=O) groups is 1. The minimum absolute atomic E-state index is 0.0743. The summed E-state index contributed by atoms with van der Waals surface area (Å²) in [6.07, 6.45) is 0. The van der Waals surface area contributed by atoms with Crippen LogP contribution in [0.15, 0.2) is 69.9 Å². The second-order valence-electron chi connectivity index (χ2n) is 7.33. The number of thiazole rings is 1. The Balaban J connectivity index is 1.54. The predicted octanol–water partition coefficient (Wildman–Crippen LogP) is 5.22. The molecule has 2 heterocycles. The fourth-order valence-corrected chi connectivity index (χ4v) is 4.92. The van der Waals surface area contributed by atoms with Crippen LogP contribution < -0.4 is 10.9 Å². The van der Waals surface area contributed by atoms with E-state index < -0.39 is 5.25 Å². The van der Waals surface area contributed by atoms with Gasteiger partial charge in [0.15, 0.2) is 10.3 Å². The molecule has 2 aromatic heterocycles. The molecule has 1 unspecified atom stereocenters. The second kappa shape index (κ2) is 9.03. The number of fused-ring (bicyclic) bond motifs is 1. The first kappa shape index (κ1) is 21.3. The van der Waals surface area contributed by atoms with Gasteiger partial charge in [-0.25, -0.2) is 9.97 Å². The van der Waals surface area contributed by atoms with Crippen LogP contribution in [-0.2, 0) is 4.79 Å². The van der Waals surface area contributed by atoms with Crippen molar-refractivity contribution in [1.82, 2.24) is 14.5 Å². The van der Waals surface area contributed by atoms with Crippen molar-refractivity contribution in [2.24, 2.45) is 0 Å². The van der Waals surface area contributed by atoms with Crippen LogP contribution in [0.4, 0.5) is 5.13 Å². The molecule has 0 spiro atoms. The summed E-state index contributed by atoms with van der Waals surface area (Å²) in [4.78, 5) is 35.0. The van der Waals surface area contributed by atoms with Gasteiger partial charge in [-0.1, -0.05) is 54.2 Å². The molecule has 0 aliphatic heterocycles. The summed E-state index contributed by atoms with van der Waals surface area (Å²) in [5, 5.41) is 6.01. The fourth-order valence-electron chi connectivity index (χ4n) is 3.16. The van der Waals surface area contributed by atoms with Crippen molar-refractivity contribution in [2.45, 2.75) is 37.2 Å². The molecule has 158 valence electrons. The maximum atomic E-state index is 13.0. The highest BCUT2D eigenvalue weighted by atomic mass is 32.2. The van der Waals surface area contributed by atoms with E-state index in [1.54, 1.807) is 17.6 Å². The fraction of sp³-hybridized carbons (Fsp3) is 0.217. The summed E-state index contributed by atoms with van der Waals surface area (Å²) in [5.41, 5.74) is 2.36. The number of benzene rings is 2. The van der Waals surface area contributed by atoms with Crippen LogP contribution in [0.5, 0.6) is 0 Å². The standard InChI is InChI=1S/C23H22N4O2S2/c1-14(2)27-21(29)17-11-7-8-12-18(17)25-23(27)31-15(3)20(28)26-22-24-19(13-30-22)16-9-5-4-6-10-16/h4-15H,1-3H3,(H,24,26,28). The Morgan fingerprint density at radius 3 is 2.48 bits per heavy atom. The third kappa shape index (κ3) is 4.55. The van der Waals surface area contributed by atoms with E-state index >= 15 is 0 Å². The van der Waals surface area contributed by atoms with E-state index in [4.69, 9.17) is 0 Å². The number of anilines is 1. The lowest BCUT2D eigenvalue weighted by molar-refractivity contribution is -0.115. The van der Waals surface area contributed by atoms with Crippen LogP contribution in [0, 0.1) is 0 Å². The number of hydrogen-bond donors (Lipinski definition) is 1. The Kier molecular flexibility index (Phi) is 6.20. The van der Waals surface area contributed by atoms with Gasteiger partial charge in [-0.3, -0.25) is 14.2 Å². The molecule has 0 aliphatic carbocycles. The van der Waals surface area contributed by atoms with Gasteiger partial charge in [0.25, 0.3) is 5.56 Å². The topological polar surface area (TPSA) is 76.9 Å². The van der Waals surface area contributed by atoms with E-state index in [-0.39, 0.29) is 17.5 Å². The lowest BCUT2D eigenvalue weighted by Gasteiger charge is -2.18. The molecule has 0 aliphatic rings. The van der Waals surface area contributed by atoms with E-state index in [0.717, 1.165) is 11.3 Å². The quantitative estimate of drug-likeness (QED) is 0.322. The van der Waals surface area contributed by atoms with Crippen molar-refractivity contribution in [2.75, 3.05) is 5.32 Å². The van der Waals surface area contributed by atoms with Crippen molar-refractivity contribution >= 4 is 45.0 Å². The zero-order chi connectivity index (χ0) is 22.0. The van der Waals surface area contributed by atoms with Gasteiger partial charge in [0, 0.05) is 17.0 Å². The van der Waals surface area contributed by atoms with Crippen molar-refractivity contribution in [3.8, 4) is 11.3 Å².